The molecule has 148 valence electrons. The summed E-state index contributed by atoms with van der Waals surface area (Å²) in [7, 11) is 1.57. The van der Waals surface area contributed by atoms with Gasteiger partial charge in [0, 0.05) is 25.8 Å². The Balaban J connectivity index is 2.05. The van der Waals surface area contributed by atoms with Gasteiger partial charge in [-0.05, 0) is 37.6 Å². The third-order valence-corrected chi connectivity index (χ3v) is 4.52. The summed E-state index contributed by atoms with van der Waals surface area (Å²) < 4.78 is 16.0. The first-order valence-corrected chi connectivity index (χ1v) is 9.12. The molecule has 2 aromatic rings. The number of hydrogen-bond acceptors (Lipinski definition) is 6. The molecule has 2 heterocycles. The Hall–Kier alpha value is -3.06. The standard InChI is InChI=1S/C21H23NO6/c1-3-27-15-8-4-7-14(13-15)19(23)17-18(16-9-5-12-28-16)22(10-6-11-26-2)21(25)20(17)24/h4-5,7-9,12-13,18,23H,3,6,10-11H2,1-2H3/t18-/m0/s1. The maximum atomic E-state index is 12.8. The molecule has 0 unspecified atom stereocenters. The van der Waals surface area contributed by atoms with Gasteiger partial charge in [0.2, 0.25) is 0 Å². The van der Waals surface area contributed by atoms with Gasteiger partial charge in [-0.1, -0.05) is 12.1 Å². The van der Waals surface area contributed by atoms with Crippen molar-refractivity contribution in [2.75, 3.05) is 26.9 Å². The van der Waals surface area contributed by atoms with Crippen LogP contribution in [-0.2, 0) is 14.3 Å². The maximum absolute atomic E-state index is 12.8. The number of rotatable bonds is 8. The van der Waals surface area contributed by atoms with E-state index in [1.807, 2.05) is 6.92 Å². The van der Waals surface area contributed by atoms with Crippen molar-refractivity contribution in [3.63, 3.8) is 0 Å². The molecule has 1 saturated heterocycles. The van der Waals surface area contributed by atoms with Crippen molar-refractivity contribution in [3.05, 3.63) is 59.6 Å². The molecule has 1 fully saturated rings. The molecule has 1 aliphatic heterocycles. The number of carbonyl (C=O) groups excluding carboxylic acids is 2. The van der Waals surface area contributed by atoms with Gasteiger partial charge >= 0.3 is 0 Å². The number of methoxy groups -OCH3 is 1. The highest BCUT2D eigenvalue weighted by molar-refractivity contribution is 6.46. The fraction of sp³-hybridized carbons (Fsp3) is 0.333. The summed E-state index contributed by atoms with van der Waals surface area (Å²) in [6.45, 7) is 3.08. The van der Waals surface area contributed by atoms with Crippen LogP contribution < -0.4 is 4.74 Å². The van der Waals surface area contributed by atoms with Crippen LogP contribution in [0.1, 0.15) is 30.7 Å². The molecule has 1 aliphatic rings. The number of hydrogen-bond donors (Lipinski definition) is 1. The third-order valence-electron chi connectivity index (χ3n) is 4.52. The number of nitrogens with zero attached hydrogens (tertiary/aromatic N) is 1. The van der Waals surface area contributed by atoms with Gasteiger partial charge in [0.15, 0.2) is 0 Å². The fourth-order valence-electron chi connectivity index (χ4n) is 3.29. The van der Waals surface area contributed by atoms with E-state index in [0.717, 1.165) is 0 Å². The molecule has 1 N–H and O–H groups in total. The molecule has 1 atom stereocenters. The topological polar surface area (TPSA) is 89.2 Å². The molecule has 0 saturated carbocycles. The summed E-state index contributed by atoms with van der Waals surface area (Å²) in [5.74, 6) is -0.678. The molecular weight excluding hydrogens is 362 g/mol. The average molecular weight is 385 g/mol. The third kappa shape index (κ3) is 3.80. The Kier molecular flexibility index (Phi) is 6.16. The highest BCUT2D eigenvalue weighted by atomic mass is 16.5. The van der Waals surface area contributed by atoms with E-state index in [9.17, 15) is 14.7 Å². The van der Waals surface area contributed by atoms with Crippen LogP contribution in [-0.4, -0.2) is 48.6 Å². The number of benzene rings is 1. The highest BCUT2D eigenvalue weighted by Gasteiger charge is 2.47. The normalized spacial score (nSPS) is 18.6. The minimum Gasteiger partial charge on any atom is -0.507 e. The minimum atomic E-state index is -0.789. The van der Waals surface area contributed by atoms with Gasteiger partial charge in [0.05, 0.1) is 18.4 Å². The van der Waals surface area contributed by atoms with Crippen LogP contribution in [0.3, 0.4) is 0 Å². The van der Waals surface area contributed by atoms with Crippen LogP contribution in [0.25, 0.3) is 5.76 Å². The number of amides is 1. The first-order valence-electron chi connectivity index (χ1n) is 9.12. The first-order chi connectivity index (χ1) is 13.6. The van der Waals surface area contributed by atoms with Crippen molar-refractivity contribution in [1.82, 2.24) is 4.90 Å². The number of aliphatic hydroxyl groups is 1. The molecule has 7 nitrogen and oxygen atoms in total. The van der Waals surface area contributed by atoms with E-state index in [0.29, 0.717) is 43.3 Å². The van der Waals surface area contributed by atoms with Gasteiger partial charge in [-0.15, -0.1) is 0 Å². The van der Waals surface area contributed by atoms with Crippen LogP contribution in [0, 0.1) is 0 Å². The zero-order valence-electron chi connectivity index (χ0n) is 15.9. The second-order valence-electron chi connectivity index (χ2n) is 6.32. The Bertz CT molecular complexity index is 871. The molecule has 0 bridgehead atoms. The van der Waals surface area contributed by atoms with Crippen molar-refractivity contribution in [1.29, 1.82) is 0 Å². The quantitative estimate of drug-likeness (QED) is 0.325. The predicted octanol–water partition coefficient (Wildman–Crippen LogP) is 3.14. The van der Waals surface area contributed by atoms with Crippen molar-refractivity contribution in [2.45, 2.75) is 19.4 Å². The zero-order chi connectivity index (χ0) is 20.1. The van der Waals surface area contributed by atoms with Crippen molar-refractivity contribution < 1.29 is 28.6 Å². The van der Waals surface area contributed by atoms with Crippen LogP contribution in [0.2, 0.25) is 0 Å². The van der Waals surface area contributed by atoms with E-state index >= 15 is 0 Å². The van der Waals surface area contributed by atoms with E-state index in [1.54, 1.807) is 43.5 Å². The second kappa shape index (κ2) is 8.75. The number of carbonyl (C=O) groups is 2. The molecule has 1 aromatic heterocycles. The molecule has 1 aromatic carbocycles. The summed E-state index contributed by atoms with van der Waals surface area (Å²) in [5.41, 5.74) is 0.406. The zero-order valence-corrected chi connectivity index (χ0v) is 15.9. The lowest BCUT2D eigenvalue weighted by atomic mass is 9.99. The van der Waals surface area contributed by atoms with Crippen molar-refractivity contribution >= 4 is 17.4 Å². The van der Waals surface area contributed by atoms with Crippen molar-refractivity contribution in [2.24, 2.45) is 0 Å². The number of ketones is 1. The summed E-state index contributed by atoms with van der Waals surface area (Å²) in [6, 6.07) is 9.35. The molecular formula is C21H23NO6. The molecule has 0 radical (unpaired) electrons. The van der Waals surface area contributed by atoms with Crippen LogP contribution >= 0.6 is 0 Å². The predicted molar refractivity (Wildman–Crippen MR) is 102 cm³/mol. The van der Waals surface area contributed by atoms with Crippen LogP contribution in [0.5, 0.6) is 5.75 Å². The van der Waals surface area contributed by atoms with Crippen LogP contribution in [0.15, 0.2) is 52.7 Å². The van der Waals surface area contributed by atoms with Gasteiger partial charge in [-0.2, -0.15) is 0 Å². The molecule has 7 heteroatoms. The van der Waals surface area contributed by atoms with E-state index < -0.39 is 17.7 Å². The smallest absolute Gasteiger partial charge is 0.295 e. The van der Waals surface area contributed by atoms with Crippen LogP contribution in [0.4, 0.5) is 0 Å². The van der Waals surface area contributed by atoms with E-state index in [1.165, 1.54) is 11.2 Å². The van der Waals surface area contributed by atoms with Crippen molar-refractivity contribution in [3.8, 4) is 5.75 Å². The van der Waals surface area contributed by atoms with Gasteiger partial charge in [0.25, 0.3) is 11.7 Å². The molecule has 1 amide bonds. The number of likely N-dealkylation sites (tertiary alicyclic amines) is 1. The van der Waals surface area contributed by atoms with Gasteiger partial charge in [-0.25, -0.2) is 0 Å². The lowest BCUT2D eigenvalue weighted by Gasteiger charge is -2.23. The second-order valence-corrected chi connectivity index (χ2v) is 6.32. The number of ether oxygens (including phenoxy) is 2. The van der Waals surface area contributed by atoms with Gasteiger partial charge in [-0.3, -0.25) is 9.59 Å². The SMILES string of the molecule is CCOc1cccc(C(O)=C2C(=O)C(=O)N(CCCOC)[C@H]2c2ccco2)c1. The molecule has 0 spiro atoms. The van der Waals surface area contributed by atoms with E-state index in [-0.39, 0.29) is 11.3 Å². The largest absolute Gasteiger partial charge is 0.507 e. The van der Waals surface area contributed by atoms with E-state index in [4.69, 9.17) is 13.9 Å². The summed E-state index contributed by atoms with van der Waals surface area (Å²) in [6.07, 6.45) is 2.03. The fourth-order valence-corrected chi connectivity index (χ4v) is 3.29. The summed E-state index contributed by atoms with van der Waals surface area (Å²) in [5, 5.41) is 10.9. The highest BCUT2D eigenvalue weighted by Crippen LogP contribution is 2.39. The number of aliphatic hydroxyl groups excluding tert-OH is 1. The lowest BCUT2D eigenvalue weighted by Crippen LogP contribution is -2.31. The lowest BCUT2D eigenvalue weighted by molar-refractivity contribution is -0.140. The number of furan rings is 1. The molecule has 0 aliphatic carbocycles. The van der Waals surface area contributed by atoms with Gasteiger partial charge < -0.3 is 23.9 Å². The molecule has 3 rings (SSSR count). The Morgan fingerprint density at radius 1 is 1.25 bits per heavy atom. The Labute approximate surface area is 163 Å². The van der Waals surface area contributed by atoms with Gasteiger partial charge in [0.1, 0.15) is 23.3 Å². The maximum Gasteiger partial charge on any atom is 0.295 e. The minimum absolute atomic E-state index is 0.00557. The first kappa shape index (κ1) is 19.7. The monoisotopic (exact) mass is 385 g/mol. The summed E-state index contributed by atoms with van der Waals surface area (Å²) >= 11 is 0. The number of Topliss-reactive ketones (excluding diaryl/α,β-unsaturated/α-hetero) is 1. The average Bonchev–Trinajstić information content (AvgIpc) is 3.30. The Morgan fingerprint density at radius 3 is 2.75 bits per heavy atom. The van der Waals surface area contributed by atoms with E-state index in [2.05, 4.69) is 0 Å². The molecule has 28 heavy (non-hydrogen) atoms. The Morgan fingerprint density at radius 2 is 2.07 bits per heavy atom. The summed E-state index contributed by atoms with van der Waals surface area (Å²) in [4.78, 5) is 26.8.